The summed E-state index contributed by atoms with van der Waals surface area (Å²) in [6, 6.07) is 6.02. The molecule has 1 aromatic rings. The predicted molar refractivity (Wildman–Crippen MR) is 80.4 cm³/mol. The molecule has 0 radical (unpaired) electrons. The van der Waals surface area contributed by atoms with Gasteiger partial charge in [0.2, 0.25) is 5.91 Å². The van der Waals surface area contributed by atoms with Crippen molar-refractivity contribution in [1.82, 2.24) is 4.90 Å². The molecule has 104 valence electrons. The van der Waals surface area contributed by atoms with Crippen molar-refractivity contribution in [2.24, 2.45) is 11.7 Å². The smallest absolute Gasteiger partial charge is 0.217 e. The summed E-state index contributed by atoms with van der Waals surface area (Å²) in [7, 11) is 0. The van der Waals surface area contributed by atoms with E-state index in [0.717, 1.165) is 42.6 Å². The summed E-state index contributed by atoms with van der Waals surface area (Å²) in [5.41, 5.74) is 13.1. The SMILES string of the molecule is NC(=O)CC1CCN(Cc2cc(N)cc(Br)c2)CC1. The number of nitrogen functional groups attached to an aromatic ring is 1. The van der Waals surface area contributed by atoms with E-state index in [-0.39, 0.29) is 5.91 Å². The molecule has 4 N–H and O–H groups in total. The van der Waals surface area contributed by atoms with Crippen LogP contribution in [0.25, 0.3) is 0 Å². The zero-order chi connectivity index (χ0) is 13.8. The van der Waals surface area contributed by atoms with Gasteiger partial charge in [0.05, 0.1) is 0 Å². The van der Waals surface area contributed by atoms with Crippen molar-refractivity contribution >= 4 is 27.5 Å². The number of hydrogen-bond acceptors (Lipinski definition) is 3. The standard InChI is InChI=1S/C14H20BrN3O/c15-12-5-11(6-13(16)8-12)9-18-3-1-10(2-4-18)7-14(17)19/h5-6,8,10H,1-4,7,9,16H2,(H2,17,19). The van der Waals surface area contributed by atoms with E-state index in [9.17, 15) is 4.79 Å². The molecule has 4 nitrogen and oxygen atoms in total. The first-order valence-corrected chi connectivity index (χ1v) is 7.38. The van der Waals surface area contributed by atoms with Crippen LogP contribution in [0.1, 0.15) is 24.8 Å². The molecule has 1 heterocycles. The number of carbonyl (C=O) groups excluding carboxylic acids is 1. The van der Waals surface area contributed by atoms with Crippen LogP contribution in [0, 0.1) is 5.92 Å². The predicted octanol–water partition coefficient (Wildman–Crippen LogP) is 2.12. The molecular weight excluding hydrogens is 306 g/mol. The number of nitrogens with zero attached hydrogens (tertiary/aromatic N) is 1. The van der Waals surface area contributed by atoms with Gasteiger partial charge >= 0.3 is 0 Å². The van der Waals surface area contributed by atoms with Crippen molar-refractivity contribution in [2.75, 3.05) is 18.8 Å². The molecular formula is C14H20BrN3O. The molecule has 0 aromatic heterocycles. The lowest BCUT2D eigenvalue weighted by atomic mass is 9.93. The van der Waals surface area contributed by atoms with E-state index in [1.807, 2.05) is 12.1 Å². The number of benzene rings is 1. The molecule has 0 spiro atoms. The normalized spacial score (nSPS) is 17.5. The Labute approximate surface area is 122 Å². The maximum absolute atomic E-state index is 10.9. The van der Waals surface area contributed by atoms with Gasteiger partial charge in [0.25, 0.3) is 0 Å². The molecule has 1 amide bonds. The number of anilines is 1. The van der Waals surface area contributed by atoms with E-state index in [1.165, 1.54) is 5.56 Å². The highest BCUT2D eigenvalue weighted by Crippen LogP contribution is 2.23. The third-order valence-corrected chi connectivity index (χ3v) is 4.04. The lowest BCUT2D eigenvalue weighted by Crippen LogP contribution is -2.34. The number of halogens is 1. The number of likely N-dealkylation sites (tertiary alicyclic amines) is 1. The van der Waals surface area contributed by atoms with Crippen LogP contribution in [0.15, 0.2) is 22.7 Å². The van der Waals surface area contributed by atoms with Crippen molar-refractivity contribution in [3.63, 3.8) is 0 Å². The fourth-order valence-corrected chi connectivity index (χ4v) is 3.22. The first-order chi connectivity index (χ1) is 9.02. The van der Waals surface area contributed by atoms with Crippen LogP contribution in [0.3, 0.4) is 0 Å². The van der Waals surface area contributed by atoms with Gasteiger partial charge in [-0.05, 0) is 55.6 Å². The zero-order valence-corrected chi connectivity index (χ0v) is 12.5. The topological polar surface area (TPSA) is 72.4 Å². The fourth-order valence-electron chi connectivity index (χ4n) is 2.66. The van der Waals surface area contributed by atoms with Crippen LogP contribution in [-0.2, 0) is 11.3 Å². The van der Waals surface area contributed by atoms with Crippen LogP contribution in [0.2, 0.25) is 0 Å². The summed E-state index contributed by atoms with van der Waals surface area (Å²) in [5, 5.41) is 0. The van der Waals surface area contributed by atoms with Crippen molar-refractivity contribution in [2.45, 2.75) is 25.8 Å². The van der Waals surface area contributed by atoms with Crippen molar-refractivity contribution in [3.05, 3.63) is 28.2 Å². The Morgan fingerprint density at radius 2 is 2.00 bits per heavy atom. The second-order valence-corrected chi connectivity index (χ2v) is 6.20. The molecule has 1 aliphatic heterocycles. The Kier molecular flexibility index (Phi) is 4.82. The molecule has 1 saturated heterocycles. The summed E-state index contributed by atoms with van der Waals surface area (Å²) < 4.78 is 1.02. The molecule has 0 saturated carbocycles. The summed E-state index contributed by atoms with van der Waals surface area (Å²) in [4.78, 5) is 13.3. The number of amides is 1. The molecule has 5 heteroatoms. The zero-order valence-electron chi connectivity index (χ0n) is 10.9. The first kappa shape index (κ1) is 14.3. The third-order valence-electron chi connectivity index (χ3n) is 3.58. The molecule has 0 atom stereocenters. The van der Waals surface area contributed by atoms with Gasteiger partial charge in [0, 0.05) is 23.1 Å². The first-order valence-electron chi connectivity index (χ1n) is 6.58. The van der Waals surface area contributed by atoms with Gasteiger partial charge in [0.1, 0.15) is 0 Å². The Bertz CT molecular complexity index is 436. The van der Waals surface area contributed by atoms with Gasteiger partial charge in [-0.1, -0.05) is 15.9 Å². The third kappa shape index (κ3) is 4.51. The maximum Gasteiger partial charge on any atom is 0.217 e. The Balaban J connectivity index is 1.86. The van der Waals surface area contributed by atoms with Crippen LogP contribution < -0.4 is 11.5 Å². The monoisotopic (exact) mass is 325 g/mol. The Morgan fingerprint density at radius 1 is 1.32 bits per heavy atom. The van der Waals surface area contributed by atoms with Crippen molar-refractivity contribution < 1.29 is 4.79 Å². The minimum absolute atomic E-state index is 0.182. The molecule has 1 aromatic carbocycles. The average molecular weight is 326 g/mol. The highest BCUT2D eigenvalue weighted by Gasteiger charge is 2.20. The molecule has 0 bridgehead atoms. The van der Waals surface area contributed by atoms with Gasteiger partial charge < -0.3 is 11.5 Å². The van der Waals surface area contributed by atoms with E-state index in [0.29, 0.717) is 12.3 Å². The summed E-state index contributed by atoms with van der Waals surface area (Å²) >= 11 is 3.46. The van der Waals surface area contributed by atoms with Gasteiger partial charge in [-0.15, -0.1) is 0 Å². The Hall–Kier alpha value is -1.07. The molecule has 2 rings (SSSR count). The van der Waals surface area contributed by atoms with Crippen molar-refractivity contribution in [1.29, 1.82) is 0 Å². The summed E-state index contributed by atoms with van der Waals surface area (Å²) in [6.45, 7) is 2.95. The lowest BCUT2D eigenvalue weighted by Gasteiger charge is -2.31. The minimum atomic E-state index is -0.182. The van der Waals surface area contributed by atoms with Crippen LogP contribution in [0.4, 0.5) is 5.69 Å². The minimum Gasteiger partial charge on any atom is -0.399 e. The summed E-state index contributed by atoms with van der Waals surface area (Å²) in [5.74, 6) is 0.277. The van der Waals surface area contributed by atoms with E-state index in [2.05, 4.69) is 26.9 Å². The molecule has 0 aliphatic carbocycles. The highest BCUT2D eigenvalue weighted by atomic mass is 79.9. The average Bonchev–Trinajstić information content (AvgIpc) is 2.29. The van der Waals surface area contributed by atoms with E-state index >= 15 is 0 Å². The fraction of sp³-hybridized carbons (Fsp3) is 0.500. The Morgan fingerprint density at radius 3 is 2.58 bits per heavy atom. The second-order valence-electron chi connectivity index (χ2n) is 5.28. The molecule has 19 heavy (non-hydrogen) atoms. The lowest BCUT2D eigenvalue weighted by molar-refractivity contribution is -0.119. The summed E-state index contributed by atoms with van der Waals surface area (Å²) in [6.07, 6.45) is 2.62. The number of carbonyl (C=O) groups is 1. The quantitative estimate of drug-likeness (QED) is 0.833. The van der Waals surface area contributed by atoms with E-state index < -0.39 is 0 Å². The van der Waals surface area contributed by atoms with Crippen LogP contribution >= 0.6 is 15.9 Å². The van der Waals surface area contributed by atoms with E-state index in [1.54, 1.807) is 0 Å². The number of hydrogen-bond donors (Lipinski definition) is 2. The van der Waals surface area contributed by atoms with Gasteiger partial charge in [0.15, 0.2) is 0 Å². The number of piperidine rings is 1. The van der Waals surface area contributed by atoms with Crippen molar-refractivity contribution in [3.8, 4) is 0 Å². The van der Waals surface area contributed by atoms with Crippen LogP contribution in [0.5, 0.6) is 0 Å². The van der Waals surface area contributed by atoms with E-state index in [4.69, 9.17) is 11.5 Å². The highest BCUT2D eigenvalue weighted by molar-refractivity contribution is 9.10. The van der Waals surface area contributed by atoms with Crippen LogP contribution in [-0.4, -0.2) is 23.9 Å². The maximum atomic E-state index is 10.9. The number of primary amides is 1. The number of nitrogens with two attached hydrogens (primary N) is 2. The molecule has 1 fully saturated rings. The number of rotatable bonds is 4. The van der Waals surface area contributed by atoms with Gasteiger partial charge in [-0.25, -0.2) is 0 Å². The van der Waals surface area contributed by atoms with Gasteiger partial charge in [-0.2, -0.15) is 0 Å². The second kappa shape index (κ2) is 6.39. The largest absolute Gasteiger partial charge is 0.399 e. The molecule has 1 aliphatic rings. The molecule has 0 unspecified atom stereocenters. The van der Waals surface area contributed by atoms with Gasteiger partial charge in [-0.3, -0.25) is 9.69 Å².